The van der Waals surface area contributed by atoms with Gasteiger partial charge in [0.15, 0.2) is 0 Å². The first kappa shape index (κ1) is 17.6. The molecular formula is C17H26O4S. The third-order valence-corrected chi connectivity index (χ3v) is 4.39. The van der Waals surface area contributed by atoms with Crippen LogP contribution in [0.4, 0.5) is 0 Å². The van der Waals surface area contributed by atoms with E-state index in [1.165, 1.54) is 4.88 Å². The van der Waals surface area contributed by atoms with Crippen LogP contribution in [0, 0.1) is 0 Å². The summed E-state index contributed by atoms with van der Waals surface area (Å²) >= 11 is 1.80. The van der Waals surface area contributed by atoms with Gasteiger partial charge in [0.2, 0.25) is 0 Å². The Kier molecular flexibility index (Phi) is 8.12. The van der Waals surface area contributed by atoms with E-state index in [9.17, 15) is 0 Å². The van der Waals surface area contributed by atoms with Crippen LogP contribution < -0.4 is 0 Å². The zero-order chi connectivity index (χ0) is 15.6. The fourth-order valence-electron chi connectivity index (χ4n) is 2.26. The van der Waals surface area contributed by atoms with E-state index in [4.69, 9.17) is 18.9 Å². The van der Waals surface area contributed by atoms with Crippen molar-refractivity contribution in [1.29, 1.82) is 0 Å². The van der Waals surface area contributed by atoms with Gasteiger partial charge in [0.05, 0.1) is 25.4 Å². The lowest BCUT2D eigenvalue weighted by Gasteiger charge is -2.18. The van der Waals surface area contributed by atoms with Crippen LogP contribution in [0.5, 0.6) is 0 Å². The Balaban J connectivity index is 1.59. The first-order valence-electron chi connectivity index (χ1n) is 7.77. The molecule has 0 radical (unpaired) electrons. The molecule has 22 heavy (non-hydrogen) atoms. The quantitative estimate of drug-likeness (QED) is 0.241. The topological polar surface area (TPSA) is 40.2 Å². The van der Waals surface area contributed by atoms with Gasteiger partial charge < -0.3 is 18.9 Å². The Morgan fingerprint density at radius 1 is 1.55 bits per heavy atom. The molecule has 1 aliphatic heterocycles. The maximum Gasteiger partial charge on any atom is 0.146 e. The van der Waals surface area contributed by atoms with Crippen LogP contribution in [-0.2, 0) is 25.4 Å². The molecule has 0 aliphatic carbocycles. The Morgan fingerprint density at radius 2 is 2.41 bits per heavy atom. The number of hydrogen-bond acceptors (Lipinski definition) is 5. The average molecular weight is 326 g/mol. The van der Waals surface area contributed by atoms with E-state index in [0.29, 0.717) is 12.7 Å². The Morgan fingerprint density at radius 3 is 3.09 bits per heavy atom. The zero-order valence-corrected chi connectivity index (χ0v) is 14.1. The summed E-state index contributed by atoms with van der Waals surface area (Å²) in [6, 6.07) is 4.25. The molecule has 4 nitrogen and oxygen atoms in total. The summed E-state index contributed by atoms with van der Waals surface area (Å²) in [4.78, 5) is 1.41. The Labute approximate surface area is 137 Å². The number of ether oxygens (including phenoxy) is 4. The van der Waals surface area contributed by atoms with E-state index >= 15 is 0 Å². The van der Waals surface area contributed by atoms with Gasteiger partial charge in [-0.15, -0.1) is 11.3 Å². The minimum Gasteiger partial charge on any atom is -0.379 e. The van der Waals surface area contributed by atoms with Crippen molar-refractivity contribution in [1.82, 2.24) is 0 Å². The molecule has 1 saturated heterocycles. The average Bonchev–Trinajstić information content (AvgIpc) is 3.15. The Hall–Kier alpha value is -0.720. The van der Waals surface area contributed by atoms with Crippen molar-refractivity contribution in [2.24, 2.45) is 0 Å². The van der Waals surface area contributed by atoms with Crippen molar-refractivity contribution < 1.29 is 18.9 Å². The molecule has 0 amide bonds. The lowest BCUT2D eigenvalue weighted by atomic mass is 10.1. The number of methoxy groups -OCH3 is 1. The number of aryl methyl sites for hydroxylation is 1. The summed E-state index contributed by atoms with van der Waals surface area (Å²) < 4.78 is 21.7. The first-order valence-corrected chi connectivity index (χ1v) is 8.65. The molecule has 0 N–H and O–H groups in total. The maximum atomic E-state index is 5.76. The van der Waals surface area contributed by atoms with Gasteiger partial charge in [0.25, 0.3) is 0 Å². The highest BCUT2D eigenvalue weighted by Crippen LogP contribution is 2.21. The highest BCUT2D eigenvalue weighted by atomic mass is 32.1. The second kappa shape index (κ2) is 10.1. The fraction of sp³-hybridized carbons (Fsp3) is 0.647. The zero-order valence-electron chi connectivity index (χ0n) is 13.3. The third kappa shape index (κ3) is 7.51. The largest absolute Gasteiger partial charge is 0.379 e. The molecule has 1 aliphatic rings. The summed E-state index contributed by atoms with van der Waals surface area (Å²) in [6.07, 6.45) is 4.22. The molecule has 1 aromatic rings. The van der Waals surface area contributed by atoms with E-state index < -0.39 is 0 Å². The van der Waals surface area contributed by atoms with E-state index in [1.807, 2.05) is 0 Å². The molecule has 0 aromatic carbocycles. The lowest BCUT2D eigenvalue weighted by Crippen LogP contribution is -2.22. The van der Waals surface area contributed by atoms with Gasteiger partial charge in [-0.1, -0.05) is 18.2 Å². The van der Waals surface area contributed by atoms with E-state index in [0.717, 1.165) is 44.5 Å². The molecule has 1 fully saturated rings. The molecule has 1 aromatic heterocycles. The van der Waals surface area contributed by atoms with Crippen LogP contribution in [0.1, 0.15) is 24.1 Å². The van der Waals surface area contributed by atoms with Gasteiger partial charge >= 0.3 is 0 Å². The fourth-order valence-corrected chi connectivity index (χ4v) is 3.01. The number of rotatable bonds is 13. The van der Waals surface area contributed by atoms with E-state index in [1.54, 1.807) is 18.4 Å². The molecular weight excluding hydrogens is 300 g/mol. The Bertz CT molecular complexity index is 414. The predicted molar refractivity (Wildman–Crippen MR) is 88.3 cm³/mol. The van der Waals surface area contributed by atoms with Crippen LogP contribution in [0.25, 0.3) is 0 Å². The van der Waals surface area contributed by atoms with Gasteiger partial charge in [-0.25, -0.2) is 0 Å². The van der Waals surface area contributed by atoms with Crippen LogP contribution in [0.15, 0.2) is 29.7 Å². The van der Waals surface area contributed by atoms with Gasteiger partial charge in [0, 0.05) is 18.6 Å². The molecule has 2 rings (SSSR count). The normalized spacial score (nSPS) is 18.3. The summed E-state index contributed by atoms with van der Waals surface area (Å²) in [5.41, 5.74) is 1.16. The minimum absolute atomic E-state index is 0.00735. The number of epoxide rings is 1. The van der Waals surface area contributed by atoms with Gasteiger partial charge in [-0.2, -0.15) is 0 Å². The van der Waals surface area contributed by atoms with Crippen molar-refractivity contribution in [3.05, 3.63) is 34.5 Å². The molecule has 0 bridgehead atoms. The lowest BCUT2D eigenvalue weighted by molar-refractivity contribution is -0.0964. The second-order valence-corrected chi connectivity index (χ2v) is 6.60. The number of hydrogen-bond donors (Lipinski definition) is 0. The monoisotopic (exact) mass is 326 g/mol. The predicted octanol–water partition coefficient (Wildman–Crippen LogP) is 3.42. The summed E-state index contributed by atoms with van der Waals surface area (Å²) in [6.45, 7) is 6.59. The van der Waals surface area contributed by atoms with E-state index in [2.05, 4.69) is 24.1 Å². The highest BCUT2D eigenvalue weighted by molar-refractivity contribution is 7.09. The van der Waals surface area contributed by atoms with Crippen molar-refractivity contribution in [3.63, 3.8) is 0 Å². The van der Waals surface area contributed by atoms with Crippen LogP contribution in [0.3, 0.4) is 0 Å². The maximum absolute atomic E-state index is 5.76. The molecule has 5 heteroatoms. The van der Waals surface area contributed by atoms with Crippen LogP contribution in [0.2, 0.25) is 0 Å². The standard InChI is InChI=1S/C17H26O4S/c1-14(10-16-12-20-16)9-15(21-13-18-2)11-19-7-3-5-17-6-4-8-22-17/h4,6,8,15-16H,1,3,5,7,9-13H2,2H3. The molecule has 2 atom stereocenters. The second-order valence-electron chi connectivity index (χ2n) is 5.57. The third-order valence-electron chi connectivity index (χ3n) is 3.45. The van der Waals surface area contributed by atoms with Gasteiger partial charge in [0.1, 0.15) is 6.79 Å². The van der Waals surface area contributed by atoms with Gasteiger partial charge in [-0.3, -0.25) is 0 Å². The van der Waals surface area contributed by atoms with Crippen molar-refractivity contribution >= 4 is 11.3 Å². The molecule has 0 spiro atoms. The first-order chi connectivity index (χ1) is 10.8. The molecule has 2 unspecified atom stereocenters. The van der Waals surface area contributed by atoms with Crippen LogP contribution in [-0.4, -0.2) is 45.9 Å². The number of thiophene rings is 1. The van der Waals surface area contributed by atoms with Crippen LogP contribution >= 0.6 is 11.3 Å². The summed E-state index contributed by atoms with van der Waals surface area (Å²) in [5.74, 6) is 0. The van der Waals surface area contributed by atoms with Crippen molar-refractivity contribution in [3.8, 4) is 0 Å². The minimum atomic E-state index is 0.00735. The smallest absolute Gasteiger partial charge is 0.146 e. The summed E-state index contributed by atoms with van der Waals surface area (Å²) in [7, 11) is 1.63. The van der Waals surface area contributed by atoms with Crippen molar-refractivity contribution in [2.45, 2.75) is 37.9 Å². The highest BCUT2D eigenvalue weighted by Gasteiger charge is 2.24. The molecule has 124 valence electrons. The summed E-state index contributed by atoms with van der Waals surface area (Å²) in [5, 5.41) is 2.11. The SMILES string of the molecule is C=C(CC(COCCCc1cccs1)OCOC)CC1CO1. The van der Waals surface area contributed by atoms with Gasteiger partial charge in [-0.05, 0) is 37.1 Å². The molecule has 0 saturated carbocycles. The molecule has 2 heterocycles. The van der Waals surface area contributed by atoms with Crippen molar-refractivity contribution in [2.75, 3.05) is 33.7 Å². The van der Waals surface area contributed by atoms with E-state index in [-0.39, 0.29) is 12.9 Å².